The summed E-state index contributed by atoms with van der Waals surface area (Å²) in [5.41, 5.74) is 0.888. The maximum absolute atomic E-state index is 12.1. The molecule has 2 fully saturated rings. The highest BCUT2D eigenvalue weighted by molar-refractivity contribution is 5.93. The van der Waals surface area contributed by atoms with Gasteiger partial charge in [-0.3, -0.25) is 9.48 Å². The van der Waals surface area contributed by atoms with E-state index in [-0.39, 0.29) is 30.5 Å². The molecule has 19 heavy (non-hydrogen) atoms. The molecule has 0 saturated carbocycles. The van der Waals surface area contributed by atoms with Crippen molar-refractivity contribution in [2.45, 2.75) is 38.0 Å². The van der Waals surface area contributed by atoms with Gasteiger partial charge in [0.25, 0.3) is 5.91 Å². The molecule has 6 nitrogen and oxygen atoms in total. The highest BCUT2D eigenvalue weighted by atomic mass is 35.5. The Bertz CT molecular complexity index is 464. The van der Waals surface area contributed by atoms with Gasteiger partial charge in [0.2, 0.25) is 0 Å². The van der Waals surface area contributed by atoms with Crippen LogP contribution in [0.15, 0.2) is 6.07 Å². The summed E-state index contributed by atoms with van der Waals surface area (Å²) in [5, 5.41) is 10.4. The second kappa shape index (κ2) is 5.48. The molecule has 2 N–H and O–H groups in total. The summed E-state index contributed by atoms with van der Waals surface area (Å²) >= 11 is 0. The van der Waals surface area contributed by atoms with Crippen LogP contribution in [0.2, 0.25) is 0 Å². The highest BCUT2D eigenvalue weighted by Gasteiger charge is 2.41. The Kier molecular flexibility index (Phi) is 4.13. The number of anilines is 1. The zero-order valence-corrected chi connectivity index (χ0v) is 11.9. The number of carbonyl (C=O) groups excluding carboxylic acids is 1. The molecule has 7 heteroatoms. The molecule has 0 aromatic carbocycles. The smallest absolute Gasteiger partial charge is 0.254 e. The van der Waals surface area contributed by atoms with Crippen molar-refractivity contribution < 1.29 is 9.53 Å². The lowest BCUT2D eigenvalue weighted by atomic mass is 10.1. The van der Waals surface area contributed by atoms with E-state index in [0.717, 1.165) is 25.1 Å². The average molecular weight is 287 g/mol. The molecule has 1 aromatic rings. The van der Waals surface area contributed by atoms with Crippen molar-refractivity contribution in [3.8, 4) is 0 Å². The Labute approximate surface area is 118 Å². The van der Waals surface area contributed by atoms with Gasteiger partial charge in [0.15, 0.2) is 0 Å². The second-order valence-electron chi connectivity index (χ2n) is 5.03. The average Bonchev–Trinajstić information content (AvgIpc) is 2.93. The van der Waals surface area contributed by atoms with Crippen molar-refractivity contribution >= 4 is 24.1 Å². The van der Waals surface area contributed by atoms with Crippen LogP contribution in [0.1, 0.15) is 18.5 Å². The lowest BCUT2D eigenvalue weighted by Crippen LogP contribution is -2.30. The maximum atomic E-state index is 12.1. The molecular weight excluding hydrogens is 268 g/mol. The Balaban J connectivity index is 0.00000133. The summed E-state index contributed by atoms with van der Waals surface area (Å²) in [6.07, 6.45) is 1.61. The third kappa shape index (κ3) is 2.75. The molecule has 0 radical (unpaired) electrons. The fraction of sp³-hybridized carbons (Fsp3) is 0.667. The standard InChI is InChI=1S/C12H18N4O2.ClH/c1-7-5-11(16(2)15-7)14-12(17)10-6-8-9(18-10)3-4-13-8;/h5,8-10,13H,3-4,6H2,1-2H3,(H,14,17);1H/t8-,9-,10-;/m1./s1. The molecule has 0 spiro atoms. The van der Waals surface area contributed by atoms with Crippen molar-refractivity contribution in [1.29, 1.82) is 0 Å². The van der Waals surface area contributed by atoms with E-state index in [1.807, 2.05) is 20.0 Å². The lowest BCUT2D eigenvalue weighted by Gasteiger charge is -2.12. The summed E-state index contributed by atoms with van der Waals surface area (Å²) in [6.45, 7) is 2.89. The van der Waals surface area contributed by atoms with Crippen molar-refractivity contribution in [2.24, 2.45) is 7.05 Å². The monoisotopic (exact) mass is 286 g/mol. The Hall–Kier alpha value is -1.11. The largest absolute Gasteiger partial charge is 0.363 e. The minimum Gasteiger partial charge on any atom is -0.363 e. The van der Waals surface area contributed by atoms with Gasteiger partial charge in [-0.15, -0.1) is 12.4 Å². The Morgan fingerprint density at radius 3 is 3.05 bits per heavy atom. The molecule has 3 atom stereocenters. The fourth-order valence-electron chi connectivity index (χ4n) is 2.74. The third-order valence-electron chi connectivity index (χ3n) is 3.64. The number of nitrogens with one attached hydrogen (secondary N) is 2. The molecule has 2 aliphatic heterocycles. The van der Waals surface area contributed by atoms with E-state index in [4.69, 9.17) is 4.74 Å². The van der Waals surface area contributed by atoms with Gasteiger partial charge in [-0.1, -0.05) is 0 Å². The quantitative estimate of drug-likeness (QED) is 0.836. The van der Waals surface area contributed by atoms with Crippen LogP contribution in [0.4, 0.5) is 5.82 Å². The van der Waals surface area contributed by atoms with Crippen LogP contribution in [0.25, 0.3) is 0 Å². The van der Waals surface area contributed by atoms with Gasteiger partial charge >= 0.3 is 0 Å². The zero-order chi connectivity index (χ0) is 12.7. The molecule has 1 amide bonds. The normalized spacial score (nSPS) is 28.8. The van der Waals surface area contributed by atoms with Gasteiger partial charge in [0.05, 0.1) is 11.8 Å². The molecule has 0 unspecified atom stereocenters. The number of aryl methyl sites for hydroxylation is 2. The zero-order valence-electron chi connectivity index (χ0n) is 11.0. The third-order valence-corrected chi connectivity index (χ3v) is 3.64. The SMILES string of the molecule is Cc1cc(NC(=O)[C@H]2C[C@H]3NCC[C@H]3O2)n(C)n1.Cl. The summed E-state index contributed by atoms with van der Waals surface area (Å²) in [6, 6.07) is 2.19. The number of fused-ring (bicyclic) bond motifs is 1. The number of hydrogen-bond donors (Lipinski definition) is 2. The number of rotatable bonds is 2. The molecular formula is C12H19ClN4O2. The van der Waals surface area contributed by atoms with Gasteiger partial charge in [0.1, 0.15) is 11.9 Å². The van der Waals surface area contributed by atoms with Crippen molar-refractivity contribution in [1.82, 2.24) is 15.1 Å². The lowest BCUT2D eigenvalue weighted by molar-refractivity contribution is -0.126. The molecule has 3 rings (SSSR count). The molecule has 3 heterocycles. The minimum absolute atomic E-state index is 0. The number of halogens is 1. The van der Waals surface area contributed by atoms with Crippen LogP contribution in [-0.4, -0.2) is 40.5 Å². The van der Waals surface area contributed by atoms with Crippen LogP contribution >= 0.6 is 12.4 Å². The number of carbonyl (C=O) groups is 1. The van der Waals surface area contributed by atoms with Gasteiger partial charge in [-0.05, 0) is 19.9 Å². The predicted octanol–water partition coefficient (Wildman–Crippen LogP) is 0.608. The molecule has 2 aliphatic rings. The molecule has 0 bridgehead atoms. The predicted molar refractivity (Wildman–Crippen MR) is 73.5 cm³/mol. The first-order chi connectivity index (χ1) is 8.63. The number of nitrogens with zero attached hydrogens (tertiary/aromatic N) is 2. The van der Waals surface area contributed by atoms with Gasteiger partial charge in [-0.25, -0.2) is 0 Å². The van der Waals surface area contributed by atoms with Crippen molar-refractivity contribution in [3.63, 3.8) is 0 Å². The maximum Gasteiger partial charge on any atom is 0.254 e. The number of amides is 1. The first-order valence-electron chi connectivity index (χ1n) is 6.34. The second-order valence-corrected chi connectivity index (χ2v) is 5.03. The molecule has 0 aliphatic carbocycles. The molecule has 1 aromatic heterocycles. The summed E-state index contributed by atoms with van der Waals surface area (Å²) in [4.78, 5) is 12.1. The molecule has 106 valence electrons. The van der Waals surface area contributed by atoms with E-state index in [1.54, 1.807) is 4.68 Å². The first-order valence-corrected chi connectivity index (χ1v) is 6.34. The van der Waals surface area contributed by atoms with Gasteiger partial charge in [0, 0.05) is 25.6 Å². The topological polar surface area (TPSA) is 68.2 Å². The van der Waals surface area contributed by atoms with Crippen LogP contribution in [0, 0.1) is 6.92 Å². The summed E-state index contributed by atoms with van der Waals surface area (Å²) in [5.74, 6) is 0.639. The van der Waals surface area contributed by atoms with E-state index < -0.39 is 0 Å². The minimum atomic E-state index is -0.344. The van der Waals surface area contributed by atoms with Crippen LogP contribution in [0.5, 0.6) is 0 Å². The van der Waals surface area contributed by atoms with Crippen molar-refractivity contribution in [2.75, 3.05) is 11.9 Å². The van der Waals surface area contributed by atoms with E-state index in [2.05, 4.69) is 15.7 Å². The number of ether oxygens (including phenoxy) is 1. The van der Waals surface area contributed by atoms with Gasteiger partial charge < -0.3 is 15.4 Å². The summed E-state index contributed by atoms with van der Waals surface area (Å²) in [7, 11) is 1.81. The number of aromatic nitrogens is 2. The number of hydrogen-bond acceptors (Lipinski definition) is 4. The highest BCUT2D eigenvalue weighted by Crippen LogP contribution is 2.27. The van der Waals surface area contributed by atoms with E-state index in [1.165, 1.54) is 0 Å². The van der Waals surface area contributed by atoms with E-state index in [9.17, 15) is 4.79 Å². The van der Waals surface area contributed by atoms with E-state index in [0.29, 0.717) is 11.9 Å². The Morgan fingerprint density at radius 2 is 2.42 bits per heavy atom. The van der Waals surface area contributed by atoms with Gasteiger partial charge in [-0.2, -0.15) is 5.10 Å². The molecule has 2 saturated heterocycles. The Morgan fingerprint density at radius 1 is 1.63 bits per heavy atom. The van der Waals surface area contributed by atoms with Crippen LogP contribution in [0.3, 0.4) is 0 Å². The van der Waals surface area contributed by atoms with Crippen LogP contribution < -0.4 is 10.6 Å². The van der Waals surface area contributed by atoms with Crippen LogP contribution in [-0.2, 0) is 16.6 Å². The van der Waals surface area contributed by atoms with E-state index >= 15 is 0 Å². The first kappa shape index (κ1) is 14.3. The van der Waals surface area contributed by atoms with Crippen molar-refractivity contribution in [3.05, 3.63) is 11.8 Å². The summed E-state index contributed by atoms with van der Waals surface area (Å²) < 4.78 is 7.43. The fourth-order valence-corrected chi connectivity index (χ4v) is 2.74.